The molecule has 0 spiro atoms. The van der Waals surface area contributed by atoms with E-state index in [0.717, 1.165) is 0 Å². The first-order valence-electron chi connectivity index (χ1n) is 7.04. The molecule has 0 radical (unpaired) electrons. The van der Waals surface area contributed by atoms with E-state index >= 15 is 0 Å². The largest absolute Gasteiger partial charge is 0.361 e. The normalized spacial score (nSPS) is 12.8. The summed E-state index contributed by atoms with van der Waals surface area (Å²) in [6.45, 7) is 4.92. The first-order chi connectivity index (χ1) is 9.70. The van der Waals surface area contributed by atoms with Crippen LogP contribution in [0.25, 0.3) is 10.9 Å². The van der Waals surface area contributed by atoms with Gasteiger partial charge in [0.1, 0.15) is 0 Å². The predicted molar refractivity (Wildman–Crippen MR) is 85.1 cm³/mol. The maximum atomic E-state index is 6.05. The number of hydrogen-bond donors (Lipinski definition) is 2. The number of hydrogen-bond acceptors (Lipinski definition) is 1. The van der Waals surface area contributed by atoms with Gasteiger partial charge < -0.3 is 10.7 Å². The zero-order valence-electron chi connectivity index (χ0n) is 12.0. The monoisotopic (exact) mass is 264 g/mol. The van der Waals surface area contributed by atoms with Gasteiger partial charge in [0.2, 0.25) is 0 Å². The molecule has 20 heavy (non-hydrogen) atoms. The summed E-state index contributed by atoms with van der Waals surface area (Å²) in [5, 5.41) is 1.31. The third-order valence-corrected chi connectivity index (χ3v) is 3.96. The van der Waals surface area contributed by atoms with Gasteiger partial charge in [-0.1, -0.05) is 36.4 Å². The Morgan fingerprint density at radius 2 is 1.85 bits per heavy atom. The van der Waals surface area contributed by atoms with Crippen molar-refractivity contribution < 1.29 is 0 Å². The molecule has 2 nitrogen and oxygen atoms in total. The molecule has 1 aromatic heterocycles. The molecule has 0 aliphatic carbocycles. The highest BCUT2D eigenvalue weighted by atomic mass is 14.7. The maximum Gasteiger partial charge on any atom is 0.0462 e. The minimum atomic E-state index is 0.242. The number of H-pyrrole nitrogens is 1. The number of aryl methyl sites for hydroxylation is 2. The molecule has 2 heteroatoms. The van der Waals surface area contributed by atoms with Gasteiger partial charge in [0.05, 0.1) is 0 Å². The molecule has 2 aromatic carbocycles. The molecule has 0 aliphatic heterocycles. The molecule has 0 saturated carbocycles. The third kappa shape index (κ3) is 2.12. The van der Waals surface area contributed by atoms with E-state index in [9.17, 15) is 0 Å². The van der Waals surface area contributed by atoms with Crippen LogP contribution in [0.15, 0.2) is 48.7 Å². The average molecular weight is 264 g/mol. The van der Waals surface area contributed by atoms with Crippen LogP contribution in [-0.4, -0.2) is 11.5 Å². The van der Waals surface area contributed by atoms with Crippen molar-refractivity contribution in [2.75, 3.05) is 6.54 Å². The Bertz CT molecular complexity index is 726. The van der Waals surface area contributed by atoms with Crippen LogP contribution in [0.5, 0.6) is 0 Å². The molecule has 102 valence electrons. The molecule has 3 N–H and O–H groups in total. The van der Waals surface area contributed by atoms with Gasteiger partial charge in [-0.05, 0) is 42.2 Å². The van der Waals surface area contributed by atoms with E-state index in [-0.39, 0.29) is 5.92 Å². The third-order valence-electron chi connectivity index (χ3n) is 3.96. The van der Waals surface area contributed by atoms with Gasteiger partial charge in [0, 0.05) is 29.6 Å². The van der Waals surface area contributed by atoms with Crippen molar-refractivity contribution >= 4 is 10.9 Å². The topological polar surface area (TPSA) is 41.8 Å². The number of fused-ring (bicyclic) bond motifs is 1. The molecule has 0 fully saturated rings. The zero-order valence-corrected chi connectivity index (χ0v) is 12.0. The summed E-state index contributed by atoms with van der Waals surface area (Å²) in [6.07, 6.45) is 2.11. The number of benzene rings is 2. The van der Waals surface area contributed by atoms with E-state index in [1.54, 1.807) is 0 Å². The molecule has 0 aliphatic rings. The van der Waals surface area contributed by atoms with Crippen LogP contribution in [-0.2, 0) is 0 Å². The molecule has 1 heterocycles. The van der Waals surface area contributed by atoms with Gasteiger partial charge in [-0.2, -0.15) is 0 Å². The van der Waals surface area contributed by atoms with E-state index in [2.05, 4.69) is 61.4 Å². The van der Waals surface area contributed by atoms with Crippen LogP contribution in [0, 0.1) is 13.8 Å². The minimum absolute atomic E-state index is 0.242. The van der Waals surface area contributed by atoms with Gasteiger partial charge in [0.15, 0.2) is 0 Å². The van der Waals surface area contributed by atoms with Crippen molar-refractivity contribution in [3.05, 3.63) is 70.9 Å². The summed E-state index contributed by atoms with van der Waals surface area (Å²) < 4.78 is 0. The Morgan fingerprint density at radius 3 is 2.55 bits per heavy atom. The SMILES string of the molecule is Cc1cc(C)c2c(C(CN)c3ccccc3)c[nH]c2c1. The summed E-state index contributed by atoms with van der Waals surface area (Å²) >= 11 is 0. The molecule has 3 rings (SSSR count). The van der Waals surface area contributed by atoms with Crippen LogP contribution in [0.4, 0.5) is 0 Å². The average Bonchev–Trinajstić information content (AvgIpc) is 2.85. The van der Waals surface area contributed by atoms with Gasteiger partial charge in [-0.25, -0.2) is 0 Å². The number of nitrogens with two attached hydrogens (primary N) is 1. The van der Waals surface area contributed by atoms with E-state index < -0.39 is 0 Å². The summed E-state index contributed by atoms with van der Waals surface area (Å²) in [5.41, 5.74) is 12.4. The summed E-state index contributed by atoms with van der Waals surface area (Å²) in [6, 6.07) is 14.9. The summed E-state index contributed by atoms with van der Waals surface area (Å²) in [5.74, 6) is 0.242. The molecular formula is C18H20N2. The lowest BCUT2D eigenvalue weighted by Gasteiger charge is -2.15. The Hall–Kier alpha value is -2.06. The van der Waals surface area contributed by atoms with Crippen molar-refractivity contribution in [2.24, 2.45) is 5.73 Å². The van der Waals surface area contributed by atoms with Gasteiger partial charge in [-0.3, -0.25) is 0 Å². The van der Waals surface area contributed by atoms with Crippen LogP contribution in [0.2, 0.25) is 0 Å². The van der Waals surface area contributed by atoms with Gasteiger partial charge in [0.25, 0.3) is 0 Å². The van der Waals surface area contributed by atoms with E-state index in [1.165, 1.54) is 33.2 Å². The fraction of sp³-hybridized carbons (Fsp3) is 0.222. The van der Waals surface area contributed by atoms with E-state index in [1.807, 2.05) is 6.07 Å². The van der Waals surface area contributed by atoms with Crippen molar-refractivity contribution in [2.45, 2.75) is 19.8 Å². The number of nitrogens with one attached hydrogen (secondary N) is 1. The summed E-state index contributed by atoms with van der Waals surface area (Å²) in [4.78, 5) is 3.40. The van der Waals surface area contributed by atoms with Crippen molar-refractivity contribution in [1.29, 1.82) is 0 Å². The second-order valence-corrected chi connectivity index (χ2v) is 5.45. The van der Waals surface area contributed by atoms with Crippen LogP contribution in [0.1, 0.15) is 28.2 Å². The molecule has 1 atom stereocenters. The molecule has 1 unspecified atom stereocenters. The Balaban J connectivity index is 2.18. The number of aromatic nitrogens is 1. The second kappa shape index (κ2) is 5.14. The second-order valence-electron chi connectivity index (χ2n) is 5.45. The minimum Gasteiger partial charge on any atom is -0.361 e. The van der Waals surface area contributed by atoms with Crippen molar-refractivity contribution in [3.8, 4) is 0 Å². The van der Waals surface area contributed by atoms with E-state index in [0.29, 0.717) is 6.54 Å². The standard InChI is InChI=1S/C18H20N2/c1-12-8-13(2)18-16(11-20-17(18)9-12)15(10-19)14-6-4-3-5-7-14/h3-9,11,15,20H,10,19H2,1-2H3. The Kier molecular flexibility index (Phi) is 3.33. The van der Waals surface area contributed by atoms with Crippen LogP contribution in [0.3, 0.4) is 0 Å². The fourth-order valence-corrected chi connectivity index (χ4v) is 3.10. The molecule has 0 saturated heterocycles. The highest BCUT2D eigenvalue weighted by Gasteiger charge is 2.17. The quantitative estimate of drug-likeness (QED) is 0.740. The Morgan fingerprint density at radius 1 is 1.10 bits per heavy atom. The number of rotatable bonds is 3. The van der Waals surface area contributed by atoms with Gasteiger partial charge in [-0.15, -0.1) is 0 Å². The lowest BCUT2D eigenvalue weighted by atomic mass is 9.89. The lowest BCUT2D eigenvalue weighted by molar-refractivity contribution is 0.825. The van der Waals surface area contributed by atoms with Crippen molar-refractivity contribution in [3.63, 3.8) is 0 Å². The zero-order chi connectivity index (χ0) is 14.1. The summed E-state index contributed by atoms with van der Waals surface area (Å²) in [7, 11) is 0. The first-order valence-corrected chi connectivity index (χ1v) is 7.04. The fourth-order valence-electron chi connectivity index (χ4n) is 3.10. The van der Waals surface area contributed by atoms with Crippen molar-refractivity contribution in [1.82, 2.24) is 4.98 Å². The molecule has 0 bridgehead atoms. The molecular weight excluding hydrogens is 244 g/mol. The Labute approximate surface area is 119 Å². The van der Waals surface area contributed by atoms with Crippen LogP contribution >= 0.6 is 0 Å². The number of aromatic amines is 1. The predicted octanol–water partition coefficient (Wildman–Crippen LogP) is 3.88. The smallest absolute Gasteiger partial charge is 0.0462 e. The maximum absolute atomic E-state index is 6.05. The highest BCUT2D eigenvalue weighted by Crippen LogP contribution is 2.32. The van der Waals surface area contributed by atoms with E-state index in [4.69, 9.17) is 5.73 Å². The molecule has 3 aromatic rings. The highest BCUT2D eigenvalue weighted by molar-refractivity contribution is 5.88. The first kappa shape index (κ1) is 12.9. The van der Waals surface area contributed by atoms with Crippen LogP contribution < -0.4 is 5.73 Å². The lowest BCUT2D eigenvalue weighted by Crippen LogP contribution is -2.13. The van der Waals surface area contributed by atoms with Gasteiger partial charge >= 0.3 is 0 Å². The molecule has 0 amide bonds.